The SMILES string of the molecule is C=CCOc1cccc(CNCc2cccs2)c1. The molecule has 0 amide bonds. The van der Waals surface area contributed by atoms with Crippen LogP contribution in [0.25, 0.3) is 0 Å². The Morgan fingerprint density at radius 2 is 2.17 bits per heavy atom. The molecule has 0 aliphatic carbocycles. The third-order valence-corrected chi connectivity index (χ3v) is 3.35. The van der Waals surface area contributed by atoms with Crippen molar-refractivity contribution < 1.29 is 4.74 Å². The molecule has 1 heterocycles. The zero-order valence-electron chi connectivity index (χ0n) is 10.3. The van der Waals surface area contributed by atoms with E-state index in [9.17, 15) is 0 Å². The minimum atomic E-state index is 0.548. The Bertz CT molecular complexity index is 479. The van der Waals surface area contributed by atoms with Crippen molar-refractivity contribution in [1.29, 1.82) is 0 Å². The van der Waals surface area contributed by atoms with Gasteiger partial charge in [-0.1, -0.05) is 30.9 Å². The van der Waals surface area contributed by atoms with Crippen LogP contribution in [0.2, 0.25) is 0 Å². The lowest BCUT2D eigenvalue weighted by Gasteiger charge is -2.07. The predicted octanol–water partition coefficient (Wildman–Crippen LogP) is 3.60. The molecule has 1 N–H and O–H groups in total. The van der Waals surface area contributed by atoms with Gasteiger partial charge in [0, 0.05) is 18.0 Å². The molecule has 0 fully saturated rings. The van der Waals surface area contributed by atoms with Crippen LogP contribution in [0.3, 0.4) is 0 Å². The maximum Gasteiger partial charge on any atom is 0.120 e. The van der Waals surface area contributed by atoms with Crippen molar-refractivity contribution in [1.82, 2.24) is 5.32 Å². The van der Waals surface area contributed by atoms with Gasteiger partial charge in [-0.2, -0.15) is 0 Å². The Labute approximate surface area is 112 Å². The molecular weight excluding hydrogens is 242 g/mol. The summed E-state index contributed by atoms with van der Waals surface area (Å²) in [6.07, 6.45) is 1.75. The molecule has 0 atom stereocenters. The fourth-order valence-corrected chi connectivity index (χ4v) is 2.32. The predicted molar refractivity (Wildman–Crippen MR) is 77.0 cm³/mol. The summed E-state index contributed by atoms with van der Waals surface area (Å²) in [5.74, 6) is 0.894. The van der Waals surface area contributed by atoms with Crippen molar-refractivity contribution in [2.75, 3.05) is 6.61 Å². The average molecular weight is 259 g/mol. The summed E-state index contributed by atoms with van der Waals surface area (Å²) in [7, 11) is 0. The van der Waals surface area contributed by atoms with E-state index >= 15 is 0 Å². The van der Waals surface area contributed by atoms with E-state index in [1.54, 1.807) is 17.4 Å². The molecule has 0 unspecified atom stereocenters. The van der Waals surface area contributed by atoms with Crippen LogP contribution < -0.4 is 10.1 Å². The van der Waals surface area contributed by atoms with Crippen LogP contribution in [0.5, 0.6) is 5.75 Å². The van der Waals surface area contributed by atoms with Crippen molar-refractivity contribution in [3.63, 3.8) is 0 Å². The second-order valence-corrected chi connectivity index (χ2v) is 4.96. The van der Waals surface area contributed by atoms with Crippen molar-refractivity contribution in [2.45, 2.75) is 13.1 Å². The molecule has 2 nitrogen and oxygen atoms in total. The zero-order chi connectivity index (χ0) is 12.6. The molecular formula is C15H17NOS. The molecule has 2 rings (SSSR count). The highest BCUT2D eigenvalue weighted by molar-refractivity contribution is 7.09. The summed E-state index contributed by atoms with van der Waals surface area (Å²) >= 11 is 1.77. The maximum atomic E-state index is 5.50. The molecule has 2 aromatic rings. The van der Waals surface area contributed by atoms with Gasteiger partial charge in [0.15, 0.2) is 0 Å². The Hall–Kier alpha value is -1.58. The first kappa shape index (κ1) is 12.9. The molecule has 3 heteroatoms. The summed E-state index contributed by atoms with van der Waals surface area (Å²) in [5, 5.41) is 5.52. The molecule has 94 valence electrons. The van der Waals surface area contributed by atoms with Crippen molar-refractivity contribution >= 4 is 11.3 Å². The third kappa shape index (κ3) is 4.02. The van der Waals surface area contributed by atoms with Gasteiger partial charge in [0.2, 0.25) is 0 Å². The van der Waals surface area contributed by atoms with Gasteiger partial charge in [-0.05, 0) is 29.1 Å². The highest BCUT2D eigenvalue weighted by Crippen LogP contribution is 2.14. The van der Waals surface area contributed by atoms with E-state index in [4.69, 9.17) is 4.74 Å². The minimum Gasteiger partial charge on any atom is -0.490 e. The molecule has 0 aliphatic rings. The summed E-state index contributed by atoms with van der Waals surface area (Å²) in [6.45, 7) is 5.95. The molecule has 18 heavy (non-hydrogen) atoms. The van der Waals surface area contributed by atoms with E-state index in [0.717, 1.165) is 18.8 Å². The number of rotatable bonds is 7. The fraction of sp³-hybridized carbons (Fsp3) is 0.200. The fourth-order valence-electron chi connectivity index (χ4n) is 1.64. The molecule has 0 aliphatic heterocycles. The van der Waals surface area contributed by atoms with Gasteiger partial charge < -0.3 is 10.1 Å². The second kappa shape index (κ2) is 6.99. The lowest BCUT2D eigenvalue weighted by Crippen LogP contribution is -2.11. The lowest BCUT2D eigenvalue weighted by molar-refractivity contribution is 0.362. The molecule has 0 saturated carbocycles. The van der Waals surface area contributed by atoms with Gasteiger partial charge in [-0.15, -0.1) is 11.3 Å². The quantitative estimate of drug-likeness (QED) is 0.767. The van der Waals surface area contributed by atoms with Gasteiger partial charge in [-0.25, -0.2) is 0 Å². The highest BCUT2D eigenvalue weighted by Gasteiger charge is 1.97. The first-order valence-corrected chi connectivity index (χ1v) is 6.82. The van der Waals surface area contributed by atoms with Crippen LogP contribution >= 0.6 is 11.3 Å². The topological polar surface area (TPSA) is 21.3 Å². The average Bonchev–Trinajstić information content (AvgIpc) is 2.90. The molecule has 0 saturated heterocycles. The van der Waals surface area contributed by atoms with E-state index in [-0.39, 0.29) is 0 Å². The van der Waals surface area contributed by atoms with Gasteiger partial charge in [0.1, 0.15) is 12.4 Å². The standard InChI is InChI=1S/C15H17NOS/c1-2-8-17-14-6-3-5-13(10-14)11-16-12-15-7-4-9-18-15/h2-7,9-10,16H,1,8,11-12H2. The number of ether oxygens (including phenoxy) is 1. The van der Waals surface area contributed by atoms with E-state index in [0.29, 0.717) is 6.61 Å². The van der Waals surface area contributed by atoms with Gasteiger partial charge in [0.05, 0.1) is 0 Å². The Morgan fingerprint density at radius 1 is 1.22 bits per heavy atom. The van der Waals surface area contributed by atoms with Crippen molar-refractivity contribution in [2.24, 2.45) is 0 Å². The van der Waals surface area contributed by atoms with Gasteiger partial charge >= 0.3 is 0 Å². The monoisotopic (exact) mass is 259 g/mol. The Morgan fingerprint density at radius 3 is 2.94 bits per heavy atom. The second-order valence-electron chi connectivity index (χ2n) is 3.93. The van der Waals surface area contributed by atoms with E-state index in [1.807, 2.05) is 12.1 Å². The third-order valence-electron chi connectivity index (χ3n) is 2.47. The minimum absolute atomic E-state index is 0.548. The first-order chi connectivity index (χ1) is 8.88. The number of nitrogens with one attached hydrogen (secondary N) is 1. The molecule has 1 aromatic carbocycles. The van der Waals surface area contributed by atoms with Crippen LogP contribution in [0.15, 0.2) is 54.4 Å². The van der Waals surface area contributed by atoms with E-state index in [1.165, 1.54) is 10.4 Å². The Kier molecular flexibility index (Phi) is 5.00. The lowest BCUT2D eigenvalue weighted by atomic mass is 10.2. The molecule has 0 radical (unpaired) electrons. The summed E-state index contributed by atoms with van der Waals surface area (Å²) in [6, 6.07) is 12.4. The van der Waals surface area contributed by atoms with E-state index in [2.05, 4.69) is 41.5 Å². The largest absolute Gasteiger partial charge is 0.490 e. The number of thiophene rings is 1. The number of benzene rings is 1. The summed E-state index contributed by atoms with van der Waals surface area (Å²) in [4.78, 5) is 1.36. The van der Waals surface area contributed by atoms with Gasteiger partial charge in [0.25, 0.3) is 0 Å². The van der Waals surface area contributed by atoms with Crippen molar-refractivity contribution in [3.05, 3.63) is 64.9 Å². The van der Waals surface area contributed by atoms with Crippen LogP contribution in [0, 0.1) is 0 Å². The van der Waals surface area contributed by atoms with Crippen LogP contribution in [0.4, 0.5) is 0 Å². The van der Waals surface area contributed by atoms with E-state index < -0.39 is 0 Å². The molecule has 0 bridgehead atoms. The Balaban J connectivity index is 1.83. The van der Waals surface area contributed by atoms with Crippen LogP contribution in [-0.4, -0.2) is 6.61 Å². The van der Waals surface area contributed by atoms with Crippen LogP contribution in [0.1, 0.15) is 10.4 Å². The highest BCUT2D eigenvalue weighted by atomic mass is 32.1. The summed E-state index contributed by atoms with van der Waals surface area (Å²) < 4.78 is 5.50. The maximum absolute atomic E-state index is 5.50. The van der Waals surface area contributed by atoms with Crippen molar-refractivity contribution in [3.8, 4) is 5.75 Å². The smallest absolute Gasteiger partial charge is 0.120 e. The molecule has 0 spiro atoms. The summed E-state index contributed by atoms with van der Waals surface area (Å²) in [5.41, 5.74) is 1.23. The van der Waals surface area contributed by atoms with Crippen LogP contribution in [-0.2, 0) is 13.1 Å². The number of hydrogen-bond donors (Lipinski definition) is 1. The molecule has 1 aromatic heterocycles. The first-order valence-electron chi connectivity index (χ1n) is 5.94. The number of hydrogen-bond acceptors (Lipinski definition) is 3. The zero-order valence-corrected chi connectivity index (χ0v) is 11.1. The normalized spacial score (nSPS) is 10.2. The van der Waals surface area contributed by atoms with Gasteiger partial charge in [-0.3, -0.25) is 0 Å².